The monoisotopic (exact) mass is 390 g/mol. The van der Waals surface area contributed by atoms with Gasteiger partial charge in [-0.05, 0) is 51.2 Å². The van der Waals surface area contributed by atoms with Gasteiger partial charge in [0.1, 0.15) is 11.7 Å². The summed E-state index contributed by atoms with van der Waals surface area (Å²) in [6.45, 7) is 4.95. The van der Waals surface area contributed by atoms with Gasteiger partial charge in [-0.3, -0.25) is 14.4 Å². The van der Waals surface area contributed by atoms with E-state index in [1.54, 1.807) is 19.1 Å². The third-order valence-corrected chi connectivity index (χ3v) is 5.84. The van der Waals surface area contributed by atoms with Gasteiger partial charge < -0.3 is 5.32 Å². The number of benzene rings is 1. The van der Waals surface area contributed by atoms with Crippen LogP contribution in [0.15, 0.2) is 18.2 Å². The molecule has 1 saturated carbocycles. The zero-order valence-corrected chi connectivity index (χ0v) is 16.5. The summed E-state index contributed by atoms with van der Waals surface area (Å²) in [4.78, 5) is 30.4. The normalized spacial score (nSPS) is 13.5. The lowest BCUT2D eigenvalue weighted by molar-refractivity contribution is 0.0271. The van der Waals surface area contributed by atoms with E-state index in [9.17, 15) is 14.0 Å². The summed E-state index contributed by atoms with van der Waals surface area (Å²) in [6.07, 6.45) is 2.24. The minimum atomic E-state index is -0.625. The Balaban J connectivity index is 1.89. The van der Waals surface area contributed by atoms with Gasteiger partial charge in [0.2, 0.25) is 0 Å². The molecule has 0 unspecified atom stereocenters. The van der Waals surface area contributed by atoms with E-state index in [1.165, 1.54) is 18.3 Å². The Morgan fingerprint density at radius 3 is 2.67 bits per heavy atom. The second kappa shape index (κ2) is 8.19. The van der Waals surface area contributed by atoms with Gasteiger partial charge in [-0.2, -0.15) is 0 Å². The van der Waals surface area contributed by atoms with E-state index in [0.29, 0.717) is 44.8 Å². The van der Waals surface area contributed by atoms with Gasteiger partial charge in [0.05, 0.1) is 17.0 Å². The number of alkyl halides is 1. The smallest absolute Gasteiger partial charge is 0.278 e. The molecule has 0 saturated heterocycles. The molecule has 1 amide bonds. The molecule has 1 aliphatic rings. The van der Waals surface area contributed by atoms with Crippen molar-refractivity contribution < 1.29 is 18.8 Å². The maximum absolute atomic E-state index is 13.4. The summed E-state index contributed by atoms with van der Waals surface area (Å²) in [5.41, 5.74) is 5.45. The van der Waals surface area contributed by atoms with E-state index in [1.807, 2.05) is 13.0 Å². The molecule has 1 fully saturated rings. The van der Waals surface area contributed by atoms with E-state index >= 15 is 0 Å². The van der Waals surface area contributed by atoms with Crippen molar-refractivity contribution in [2.24, 2.45) is 5.92 Å². The van der Waals surface area contributed by atoms with Crippen LogP contribution >= 0.6 is 11.3 Å². The fourth-order valence-electron chi connectivity index (χ4n) is 2.85. The Morgan fingerprint density at radius 2 is 2.04 bits per heavy atom. The second-order valence-electron chi connectivity index (χ2n) is 6.92. The van der Waals surface area contributed by atoms with Crippen molar-refractivity contribution in [2.75, 3.05) is 11.9 Å². The van der Waals surface area contributed by atoms with E-state index in [4.69, 9.17) is 4.84 Å². The molecule has 1 aromatic heterocycles. The molecule has 0 aliphatic heterocycles. The molecule has 1 aliphatic carbocycles. The Labute approximate surface area is 161 Å². The van der Waals surface area contributed by atoms with Gasteiger partial charge in [-0.15, -0.1) is 11.3 Å². The molecule has 2 aromatic rings. The summed E-state index contributed by atoms with van der Waals surface area (Å²) < 4.78 is 13.4. The first-order chi connectivity index (χ1) is 12.9. The third kappa shape index (κ3) is 4.54. The highest BCUT2D eigenvalue weighted by Gasteiger charge is 2.25. The predicted molar refractivity (Wildman–Crippen MR) is 104 cm³/mol. The first-order valence-electron chi connectivity index (χ1n) is 8.89. The fourth-order valence-corrected chi connectivity index (χ4v) is 3.96. The maximum atomic E-state index is 13.4. The number of halogens is 1. The highest BCUT2D eigenvalue weighted by atomic mass is 32.1. The van der Waals surface area contributed by atoms with Crippen LogP contribution in [0.25, 0.3) is 0 Å². The molecule has 27 heavy (non-hydrogen) atoms. The molecule has 2 N–H and O–H groups in total. The van der Waals surface area contributed by atoms with Gasteiger partial charge in [0.25, 0.3) is 5.91 Å². The average Bonchev–Trinajstić information content (AvgIpc) is 3.38. The van der Waals surface area contributed by atoms with Crippen molar-refractivity contribution in [1.29, 1.82) is 0 Å². The zero-order valence-electron chi connectivity index (χ0n) is 15.6. The molecule has 0 radical (unpaired) electrons. The van der Waals surface area contributed by atoms with Crippen LogP contribution in [0, 0.1) is 19.8 Å². The lowest BCUT2D eigenvalue weighted by atomic mass is 10.1. The Morgan fingerprint density at radius 1 is 1.30 bits per heavy atom. The number of carbonyl (C=O) groups is 2. The number of hydrogen-bond acceptors (Lipinski definition) is 5. The molecule has 0 bridgehead atoms. The van der Waals surface area contributed by atoms with Gasteiger partial charge in [-0.25, -0.2) is 9.87 Å². The molecule has 144 valence electrons. The van der Waals surface area contributed by atoms with Crippen molar-refractivity contribution in [3.8, 4) is 0 Å². The van der Waals surface area contributed by atoms with Crippen LogP contribution in [0.3, 0.4) is 0 Å². The minimum Gasteiger partial charge on any atom is -0.346 e. The lowest BCUT2D eigenvalue weighted by Gasteiger charge is -2.12. The maximum Gasteiger partial charge on any atom is 0.278 e. The number of nitrogens with one attached hydrogen (secondary N) is 2. The lowest BCUT2D eigenvalue weighted by Crippen LogP contribution is -2.25. The average molecular weight is 390 g/mol. The number of rotatable bonds is 8. The number of thiophene rings is 1. The van der Waals surface area contributed by atoms with Crippen molar-refractivity contribution >= 4 is 33.7 Å². The Hall–Kier alpha value is -2.25. The van der Waals surface area contributed by atoms with E-state index in [2.05, 4.69) is 10.8 Å². The Bertz CT molecular complexity index is 874. The standard InChI is InChI=1S/C20H23FN2O3S/c1-11-4-7-16(15(8-11)9-21)22-20-17(12(2)18(27-20)13(3)24)19(25)23-26-10-14-5-6-14/h4,7-8,14,22H,5-6,9-10H2,1-3H3,(H,23,25). The molecular formula is C20H23FN2O3S. The fraction of sp³-hybridized carbons (Fsp3) is 0.400. The SMILES string of the molecule is CC(=O)c1sc(Nc2ccc(C)cc2CF)c(C(=O)NOCC2CC2)c1C. The molecule has 0 atom stereocenters. The number of aryl methyl sites for hydroxylation is 1. The van der Waals surface area contributed by atoms with Crippen LogP contribution in [0.4, 0.5) is 15.1 Å². The number of anilines is 2. The summed E-state index contributed by atoms with van der Waals surface area (Å²) in [5.74, 6) is -0.0136. The highest BCUT2D eigenvalue weighted by molar-refractivity contribution is 7.18. The van der Waals surface area contributed by atoms with Gasteiger partial charge >= 0.3 is 0 Å². The van der Waals surface area contributed by atoms with Crippen LogP contribution in [0.5, 0.6) is 0 Å². The van der Waals surface area contributed by atoms with Crippen LogP contribution in [-0.4, -0.2) is 18.3 Å². The molecule has 5 nitrogen and oxygen atoms in total. The number of hydrogen-bond donors (Lipinski definition) is 2. The number of amides is 1. The Kier molecular flexibility index (Phi) is 5.92. The molecule has 1 heterocycles. The largest absolute Gasteiger partial charge is 0.346 e. The van der Waals surface area contributed by atoms with Crippen LogP contribution < -0.4 is 10.8 Å². The summed E-state index contributed by atoms with van der Waals surface area (Å²) >= 11 is 1.19. The van der Waals surface area contributed by atoms with Crippen LogP contribution in [0.1, 0.15) is 56.5 Å². The molecule has 7 heteroatoms. The number of carbonyl (C=O) groups excluding carboxylic acids is 2. The van der Waals surface area contributed by atoms with Crippen molar-refractivity contribution in [1.82, 2.24) is 5.48 Å². The topological polar surface area (TPSA) is 67.4 Å². The minimum absolute atomic E-state index is 0.117. The number of ketones is 1. The van der Waals surface area contributed by atoms with Crippen molar-refractivity contribution in [3.05, 3.63) is 45.3 Å². The van der Waals surface area contributed by atoms with Gasteiger partial charge in [0, 0.05) is 11.3 Å². The number of Topliss-reactive ketones (excluding diaryl/α,β-unsaturated/α-hetero) is 1. The molecule has 3 rings (SSSR count). The predicted octanol–water partition coefficient (Wildman–Crippen LogP) is 4.85. The van der Waals surface area contributed by atoms with E-state index in [0.717, 1.165) is 18.4 Å². The number of hydroxylamine groups is 1. The third-order valence-electron chi connectivity index (χ3n) is 4.53. The highest BCUT2D eigenvalue weighted by Crippen LogP contribution is 2.36. The second-order valence-corrected chi connectivity index (χ2v) is 7.94. The zero-order chi connectivity index (χ0) is 19.6. The summed E-state index contributed by atoms with van der Waals surface area (Å²) in [7, 11) is 0. The van der Waals surface area contributed by atoms with Crippen molar-refractivity contribution in [2.45, 2.75) is 40.3 Å². The van der Waals surface area contributed by atoms with Crippen LogP contribution in [0.2, 0.25) is 0 Å². The van der Waals surface area contributed by atoms with Gasteiger partial charge in [-0.1, -0.05) is 17.7 Å². The van der Waals surface area contributed by atoms with E-state index in [-0.39, 0.29) is 5.78 Å². The first-order valence-corrected chi connectivity index (χ1v) is 9.71. The van der Waals surface area contributed by atoms with Gasteiger partial charge in [0.15, 0.2) is 5.78 Å². The summed E-state index contributed by atoms with van der Waals surface area (Å²) in [6, 6.07) is 5.40. The van der Waals surface area contributed by atoms with Crippen LogP contribution in [-0.2, 0) is 11.5 Å². The quantitative estimate of drug-likeness (QED) is 0.499. The first kappa shape index (κ1) is 19.5. The molecule has 0 spiro atoms. The summed E-state index contributed by atoms with van der Waals surface area (Å²) in [5, 5.41) is 3.64. The van der Waals surface area contributed by atoms with Crippen molar-refractivity contribution in [3.63, 3.8) is 0 Å². The molecule has 1 aromatic carbocycles. The van der Waals surface area contributed by atoms with E-state index < -0.39 is 12.6 Å². The molecular weight excluding hydrogens is 367 g/mol.